The number of hydrogen-bond donors (Lipinski definition) is 0. The highest BCUT2D eigenvalue weighted by Gasteiger charge is 2.52. The Kier molecular flexibility index (Phi) is 4.54. The highest BCUT2D eigenvalue weighted by Crippen LogP contribution is 2.48. The van der Waals surface area contributed by atoms with Crippen LogP contribution in [0, 0.1) is 12.7 Å². The van der Waals surface area contributed by atoms with Crippen LogP contribution in [-0.2, 0) is 17.0 Å². The lowest BCUT2D eigenvalue weighted by Crippen LogP contribution is -2.47. The predicted molar refractivity (Wildman–Crippen MR) is 124 cm³/mol. The summed E-state index contributed by atoms with van der Waals surface area (Å²) in [5, 5.41) is 4.54. The summed E-state index contributed by atoms with van der Waals surface area (Å²) < 4.78 is 21.4. The molecule has 1 saturated heterocycles. The summed E-state index contributed by atoms with van der Waals surface area (Å²) in [5.74, 6) is 1.46. The zero-order valence-electron chi connectivity index (χ0n) is 18.7. The number of fused-ring (bicyclic) bond motifs is 4. The molecule has 3 aromatic rings. The molecule has 0 amide bonds. The third kappa shape index (κ3) is 3.14. The minimum atomic E-state index is -0.612. The molecule has 2 aliphatic heterocycles. The molecule has 0 saturated carbocycles. The molecule has 1 aliphatic carbocycles. The van der Waals surface area contributed by atoms with Crippen molar-refractivity contribution in [3.05, 3.63) is 82.7 Å². The molecule has 33 heavy (non-hydrogen) atoms. The van der Waals surface area contributed by atoms with Crippen LogP contribution in [0.25, 0.3) is 11.8 Å². The van der Waals surface area contributed by atoms with Crippen LogP contribution >= 0.6 is 0 Å². The van der Waals surface area contributed by atoms with Gasteiger partial charge in [0.2, 0.25) is 5.72 Å². The van der Waals surface area contributed by atoms with Crippen molar-refractivity contribution < 1.29 is 14.0 Å². The van der Waals surface area contributed by atoms with E-state index in [1.807, 2.05) is 35.9 Å². The Bertz CT molecular complexity index is 1310. The van der Waals surface area contributed by atoms with E-state index in [0.29, 0.717) is 0 Å². The molecule has 6 rings (SSSR count). The SMILES string of the molecule is COc1cc(/C=C2\CCCN3C2=NOC32CCc3cc(F)ccc32)ccc1-n1cnc(C)c1. The molecule has 3 aliphatic rings. The van der Waals surface area contributed by atoms with E-state index in [4.69, 9.17) is 9.57 Å². The van der Waals surface area contributed by atoms with Gasteiger partial charge >= 0.3 is 0 Å². The minimum absolute atomic E-state index is 0.201. The fraction of sp³-hybridized carbons (Fsp3) is 0.308. The molecule has 7 heteroatoms. The maximum Gasteiger partial charge on any atom is 0.237 e. The third-order valence-corrected chi connectivity index (χ3v) is 6.85. The molecular weight excluding hydrogens is 419 g/mol. The summed E-state index contributed by atoms with van der Waals surface area (Å²) in [4.78, 5) is 12.7. The van der Waals surface area contributed by atoms with Gasteiger partial charge in [-0.3, -0.25) is 0 Å². The number of ether oxygens (including phenoxy) is 1. The number of amidine groups is 1. The smallest absolute Gasteiger partial charge is 0.237 e. The summed E-state index contributed by atoms with van der Waals surface area (Å²) in [6.45, 7) is 2.84. The quantitative estimate of drug-likeness (QED) is 0.574. The summed E-state index contributed by atoms with van der Waals surface area (Å²) in [6, 6.07) is 11.2. The number of nitrogens with zero attached hydrogens (tertiary/aromatic N) is 4. The number of oxime groups is 1. The molecule has 1 fully saturated rings. The van der Waals surface area contributed by atoms with Crippen LogP contribution in [0.15, 0.2) is 59.7 Å². The highest BCUT2D eigenvalue weighted by molar-refractivity contribution is 6.03. The van der Waals surface area contributed by atoms with Gasteiger partial charge < -0.3 is 19.0 Å². The number of halogens is 1. The lowest BCUT2D eigenvalue weighted by Gasteiger charge is -2.38. The maximum atomic E-state index is 13.8. The Balaban J connectivity index is 1.33. The molecule has 2 aromatic carbocycles. The van der Waals surface area contributed by atoms with Crippen molar-refractivity contribution in [3.8, 4) is 11.4 Å². The Morgan fingerprint density at radius 1 is 1.18 bits per heavy atom. The van der Waals surface area contributed by atoms with Gasteiger partial charge in [0.05, 0.1) is 24.8 Å². The van der Waals surface area contributed by atoms with Crippen molar-refractivity contribution >= 4 is 11.9 Å². The van der Waals surface area contributed by atoms with Gasteiger partial charge in [-0.05, 0) is 79.3 Å². The topological polar surface area (TPSA) is 51.9 Å². The van der Waals surface area contributed by atoms with Crippen LogP contribution in [0.5, 0.6) is 5.75 Å². The van der Waals surface area contributed by atoms with Crippen molar-refractivity contribution in [2.24, 2.45) is 5.16 Å². The van der Waals surface area contributed by atoms with Gasteiger partial charge in [-0.15, -0.1) is 0 Å². The van der Waals surface area contributed by atoms with E-state index >= 15 is 0 Å². The van der Waals surface area contributed by atoms with Crippen LogP contribution in [-0.4, -0.2) is 33.9 Å². The number of rotatable bonds is 3. The second-order valence-electron chi connectivity index (χ2n) is 8.87. The Hall–Kier alpha value is -3.61. The molecule has 1 atom stereocenters. The largest absolute Gasteiger partial charge is 0.495 e. The Labute approximate surface area is 191 Å². The number of imidazole rings is 1. The first-order valence-corrected chi connectivity index (χ1v) is 11.3. The maximum absolute atomic E-state index is 13.8. The van der Waals surface area contributed by atoms with E-state index in [2.05, 4.69) is 27.2 Å². The molecule has 3 heterocycles. The van der Waals surface area contributed by atoms with Crippen molar-refractivity contribution in [2.45, 2.75) is 38.3 Å². The van der Waals surface area contributed by atoms with Crippen LogP contribution in [0.3, 0.4) is 0 Å². The van der Waals surface area contributed by atoms with E-state index in [1.54, 1.807) is 19.5 Å². The fourth-order valence-corrected chi connectivity index (χ4v) is 5.30. The minimum Gasteiger partial charge on any atom is -0.495 e. The normalized spacial score (nSPS) is 22.3. The van der Waals surface area contributed by atoms with Gasteiger partial charge in [-0.25, -0.2) is 9.37 Å². The van der Waals surface area contributed by atoms with Crippen LogP contribution in [0.1, 0.15) is 41.6 Å². The average Bonchev–Trinajstić information content (AvgIpc) is 3.52. The number of aryl methyl sites for hydroxylation is 2. The second-order valence-corrected chi connectivity index (χ2v) is 8.87. The molecule has 1 spiro atoms. The zero-order valence-corrected chi connectivity index (χ0v) is 18.7. The summed E-state index contributed by atoms with van der Waals surface area (Å²) >= 11 is 0. The van der Waals surface area contributed by atoms with E-state index in [9.17, 15) is 4.39 Å². The second kappa shape index (κ2) is 7.47. The summed E-state index contributed by atoms with van der Waals surface area (Å²) in [5.41, 5.74) is 5.52. The van der Waals surface area contributed by atoms with Gasteiger partial charge in [0.15, 0.2) is 5.84 Å². The van der Waals surface area contributed by atoms with E-state index in [0.717, 1.165) is 77.5 Å². The molecule has 0 N–H and O–H groups in total. The van der Waals surface area contributed by atoms with Crippen molar-refractivity contribution in [1.29, 1.82) is 0 Å². The number of hydrogen-bond acceptors (Lipinski definition) is 5. The Morgan fingerprint density at radius 3 is 2.91 bits per heavy atom. The fourth-order valence-electron chi connectivity index (χ4n) is 5.30. The van der Waals surface area contributed by atoms with Crippen LogP contribution in [0.2, 0.25) is 0 Å². The third-order valence-electron chi connectivity index (χ3n) is 6.85. The van der Waals surface area contributed by atoms with Crippen molar-refractivity contribution in [3.63, 3.8) is 0 Å². The van der Waals surface area contributed by atoms with Crippen LogP contribution < -0.4 is 4.74 Å². The molecule has 0 radical (unpaired) electrons. The number of piperidine rings is 1. The van der Waals surface area contributed by atoms with Gasteiger partial charge in [0, 0.05) is 24.7 Å². The molecule has 1 aromatic heterocycles. The first kappa shape index (κ1) is 20.0. The number of benzene rings is 2. The highest BCUT2D eigenvalue weighted by atomic mass is 19.1. The van der Waals surface area contributed by atoms with Gasteiger partial charge in [-0.2, -0.15) is 0 Å². The standard InChI is InChI=1S/C26H25FN4O2/c1-17-15-30(16-28-17)23-8-5-18(13-24(23)32-2)12-20-4-3-11-31-25(20)29-33-26(31)10-9-19-14-21(27)6-7-22(19)26/h5-8,12-16H,3-4,9-11H2,1-2H3/b20-12+. The summed E-state index contributed by atoms with van der Waals surface area (Å²) in [6.07, 6.45) is 9.44. The van der Waals surface area contributed by atoms with Gasteiger partial charge in [0.25, 0.3) is 0 Å². The zero-order chi connectivity index (χ0) is 22.6. The first-order chi connectivity index (χ1) is 16.1. The predicted octanol–water partition coefficient (Wildman–Crippen LogP) is 4.95. The number of methoxy groups -OCH3 is 1. The van der Waals surface area contributed by atoms with E-state index in [1.165, 1.54) is 6.07 Å². The molecule has 0 bridgehead atoms. The van der Waals surface area contributed by atoms with Crippen molar-refractivity contribution in [2.75, 3.05) is 13.7 Å². The van der Waals surface area contributed by atoms with Crippen molar-refractivity contribution in [1.82, 2.24) is 14.5 Å². The monoisotopic (exact) mass is 444 g/mol. The van der Waals surface area contributed by atoms with E-state index in [-0.39, 0.29) is 5.82 Å². The molecule has 6 nitrogen and oxygen atoms in total. The molecular formula is C26H25FN4O2. The average molecular weight is 445 g/mol. The summed E-state index contributed by atoms with van der Waals surface area (Å²) in [7, 11) is 1.68. The first-order valence-electron chi connectivity index (χ1n) is 11.3. The lowest BCUT2D eigenvalue weighted by molar-refractivity contribution is -0.105. The Morgan fingerprint density at radius 2 is 2.09 bits per heavy atom. The van der Waals surface area contributed by atoms with Gasteiger partial charge in [-0.1, -0.05) is 11.2 Å². The number of aromatic nitrogens is 2. The molecule has 1 unspecified atom stereocenters. The van der Waals surface area contributed by atoms with Crippen LogP contribution in [0.4, 0.5) is 4.39 Å². The molecule has 168 valence electrons. The lowest BCUT2D eigenvalue weighted by atomic mass is 9.95. The van der Waals surface area contributed by atoms with Gasteiger partial charge in [0.1, 0.15) is 11.6 Å². The van der Waals surface area contributed by atoms with E-state index < -0.39 is 5.72 Å².